The molecule has 0 saturated carbocycles. The van der Waals surface area contributed by atoms with Gasteiger partial charge in [0.15, 0.2) is 16.9 Å². The molecular weight excluding hydrogens is 424 g/mol. The van der Waals surface area contributed by atoms with Crippen LogP contribution in [0.2, 0.25) is 0 Å². The van der Waals surface area contributed by atoms with Crippen LogP contribution < -0.4 is 9.47 Å². The number of halogens is 1. The number of carbonyl (C=O) groups excluding carboxylic acids is 2. The third-order valence-electron chi connectivity index (χ3n) is 5.05. The van der Waals surface area contributed by atoms with E-state index >= 15 is 0 Å². The number of hydrogen-bond acceptors (Lipinski definition) is 5. The number of benzene rings is 1. The minimum Gasteiger partial charge on any atom is -0.493 e. The van der Waals surface area contributed by atoms with Crippen LogP contribution in [0.25, 0.3) is 0 Å². The van der Waals surface area contributed by atoms with Crippen LogP contribution in [0.3, 0.4) is 0 Å². The molecule has 0 heterocycles. The summed E-state index contributed by atoms with van der Waals surface area (Å²) in [6, 6.07) is 5.10. The van der Waals surface area contributed by atoms with Crippen molar-refractivity contribution in [3.63, 3.8) is 0 Å². The fourth-order valence-electron chi connectivity index (χ4n) is 3.02. The zero-order chi connectivity index (χ0) is 21.0. The molecule has 0 spiro atoms. The number of methoxy groups -OCH3 is 1. The molecule has 0 amide bonds. The summed E-state index contributed by atoms with van der Waals surface area (Å²) in [4.78, 5) is 25.6. The van der Waals surface area contributed by atoms with Crippen molar-refractivity contribution in [2.24, 2.45) is 5.41 Å². The number of hydrogen-bond donors (Lipinski definition) is 0. The maximum atomic E-state index is 12.9. The van der Waals surface area contributed by atoms with Crippen molar-refractivity contribution in [3.05, 3.63) is 22.7 Å². The standard InChI is InChI=1S/C22H33BrO5/c1-5-8-9-10-11-12-15-27-20(24)22(6-2,7-3)21(25)28-18-14-13-17(23)16-19(18)26-4/h13-14,16H,5-12,15H2,1-4H3. The average Bonchev–Trinajstić information content (AvgIpc) is 2.70. The smallest absolute Gasteiger partial charge is 0.328 e. The molecule has 1 aromatic rings. The quantitative estimate of drug-likeness (QED) is 0.156. The zero-order valence-corrected chi connectivity index (χ0v) is 19.1. The van der Waals surface area contributed by atoms with Gasteiger partial charge in [0.25, 0.3) is 0 Å². The Bertz CT molecular complexity index is 625. The molecule has 1 aromatic carbocycles. The van der Waals surface area contributed by atoms with Gasteiger partial charge < -0.3 is 14.2 Å². The van der Waals surface area contributed by atoms with Crippen molar-refractivity contribution in [2.75, 3.05) is 13.7 Å². The van der Waals surface area contributed by atoms with Gasteiger partial charge >= 0.3 is 11.9 Å². The van der Waals surface area contributed by atoms with Gasteiger partial charge in [0.1, 0.15) is 0 Å². The first kappa shape index (κ1) is 24.5. The van der Waals surface area contributed by atoms with Crippen molar-refractivity contribution < 1.29 is 23.8 Å². The fourth-order valence-corrected chi connectivity index (χ4v) is 3.36. The molecule has 0 aromatic heterocycles. The predicted octanol–water partition coefficient (Wildman–Crippen LogP) is 6.07. The summed E-state index contributed by atoms with van der Waals surface area (Å²) in [7, 11) is 1.50. The molecular formula is C22H33BrO5. The second kappa shape index (κ2) is 12.8. The lowest BCUT2D eigenvalue weighted by atomic mass is 9.82. The van der Waals surface area contributed by atoms with Crippen LogP contribution in [0.5, 0.6) is 11.5 Å². The maximum absolute atomic E-state index is 12.9. The summed E-state index contributed by atoms with van der Waals surface area (Å²) in [5.74, 6) is -0.409. The molecule has 0 aliphatic carbocycles. The molecule has 28 heavy (non-hydrogen) atoms. The highest BCUT2D eigenvalue weighted by molar-refractivity contribution is 9.10. The Morgan fingerprint density at radius 2 is 1.57 bits per heavy atom. The molecule has 0 fully saturated rings. The largest absolute Gasteiger partial charge is 0.493 e. The van der Waals surface area contributed by atoms with Gasteiger partial charge in [-0.15, -0.1) is 0 Å². The Morgan fingerprint density at radius 3 is 2.18 bits per heavy atom. The average molecular weight is 457 g/mol. The Hall–Kier alpha value is -1.56. The number of carbonyl (C=O) groups is 2. The highest BCUT2D eigenvalue weighted by Gasteiger charge is 2.46. The van der Waals surface area contributed by atoms with Crippen LogP contribution in [-0.2, 0) is 14.3 Å². The SMILES string of the molecule is CCCCCCCCOC(=O)C(CC)(CC)C(=O)Oc1ccc(Br)cc1OC. The summed E-state index contributed by atoms with van der Waals surface area (Å²) in [5.41, 5.74) is -1.31. The van der Waals surface area contributed by atoms with Crippen LogP contribution in [0.4, 0.5) is 0 Å². The second-order valence-corrected chi connectivity index (χ2v) is 7.79. The fraction of sp³-hybridized carbons (Fsp3) is 0.636. The third kappa shape index (κ3) is 6.80. The summed E-state index contributed by atoms with van der Waals surface area (Å²) in [6.45, 7) is 6.12. The summed E-state index contributed by atoms with van der Waals surface area (Å²) in [5, 5.41) is 0. The molecule has 5 nitrogen and oxygen atoms in total. The molecule has 0 aliphatic rings. The van der Waals surface area contributed by atoms with E-state index in [0.717, 1.165) is 23.7 Å². The maximum Gasteiger partial charge on any atom is 0.328 e. The zero-order valence-electron chi connectivity index (χ0n) is 17.5. The van der Waals surface area contributed by atoms with Crippen LogP contribution in [0.1, 0.15) is 72.1 Å². The van der Waals surface area contributed by atoms with Gasteiger partial charge in [0, 0.05) is 4.47 Å². The van der Waals surface area contributed by atoms with E-state index < -0.39 is 17.4 Å². The van der Waals surface area contributed by atoms with Crippen molar-refractivity contribution in [1.29, 1.82) is 0 Å². The van der Waals surface area contributed by atoms with E-state index in [9.17, 15) is 9.59 Å². The number of ether oxygens (including phenoxy) is 3. The summed E-state index contributed by atoms with van der Waals surface area (Å²) >= 11 is 3.35. The van der Waals surface area contributed by atoms with Gasteiger partial charge in [0.2, 0.25) is 0 Å². The number of esters is 2. The lowest BCUT2D eigenvalue weighted by Crippen LogP contribution is -2.42. The van der Waals surface area contributed by atoms with Crippen molar-refractivity contribution >= 4 is 27.9 Å². The predicted molar refractivity (Wildman–Crippen MR) is 114 cm³/mol. The van der Waals surface area contributed by atoms with E-state index in [1.165, 1.54) is 26.4 Å². The Labute approximate surface area is 177 Å². The molecule has 0 N–H and O–H groups in total. The molecule has 0 saturated heterocycles. The van der Waals surface area contributed by atoms with E-state index in [4.69, 9.17) is 14.2 Å². The Morgan fingerprint density at radius 1 is 0.929 bits per heavy atom. The number of rotatable bonds is 13. The molecule has 0 aliphatic heterocycles. The molecule has 158 valence electrons. The van der Waals surface area contributed by atoms with Gasteiger partial charge in [0.05, 0.1) is 13.7 Å². The van der Waals surface area contributed by atoms with E-state index in [2.05, 4.69) is 22.9 Å². The molecule has 0 bridgehead atoms. The van der Waals surface area contributed by atoms with Crippen molar-refractivity contribution in [2.45, 2.75) is 72.1 Å². The van der Waals surface area contributed by atoms with Crippen LogP contribution in [-0.4, -0.2) is 25.7 Å². The minimum absolute atomic E-state index is 0.283. The first-order valence-electron chi connectivity index (χ1n) is 10.2. The van der Waals surface area contributed by atoms with Gasteiger partial charge in [-0.05, 0) is 37.5 Å². The van der Waals surface area contributed by atoms with Crippen LogP contribution >= 0.6 is 15.9 Å². The molecule has 0 radical (unpaired) electrons. The highest BCUT2D eigenvalue weighted by atomic mass is 79.9. The Kier molecular flexibility index (Phi) is 11.2. The topological polar surface area (TPSA) is 61.8 Å². The first-order chi connectivity index (χ1) is 13.4. The lowest BCUT2D eigenvalue weighted by molar-refractivity contribution is -0.168. The Balaban J connectivity index is 2.72. The highest BCUT2D eigenvalue weighted by Crippen LogP contribution is 2.35. The molecule has 1 rings (SSSR count). The van der Waals surface area contributed by atoms with Crippen LogP contribution in [0, 0.1) is 5.41 Å². The first-order valence-corrected chi connectivity index (χ1v) is 11.0. The van der Waals surface area contributed by atoms with Gasteiger partial charge in [-0.1, -0.05) is 68.8 Å². The summed E-state index contributed by atoms with van der Waals surface area (Å²) in [6.07, 6.45) is 7.26. The monoisotopic (exact) mass is 456 g/mol. The summed E-state index contributed by atoms with van der Waals surface area (Å²) < 4.78 is 17.1. The van der Waals surface area contributed by atoms with E-state index in [1.54, 1.807) is 32.0 Å². The second-order valence-electron chi connectivity index (χ2n) is 6.88. The molecule has 0 atom stereocenters. The number of unbranched alkanes of at least 4 members (excludes halogenated alkanes) is 5. The molecule has 0 unspecified atom stereocenters. The van der Waals surface area contributed by atoms with Gasteiger partial charge in [-0.3, -0.25) is 9.59 Å². The third-order valence-corrected chi connectivity index (χ3v) is 5.54. The van der Waals surface area contributed by atoms with E-state index in [1.807, 2.05) is 0 Å². The molecule has 6 heteroatoms. The lowest BCUT2D eigenvalue weighted by Gasteiger charge is -2.27. The van der Waals surface area contributed by atoms with E-state index in [-0.39, 0.29) is 5.75 Å². The normalized spacial score (nSPS) is 11.2. The van der Waals surface area contributed by atoms with Crippen molar-refractivity contribution in [1.82, 2.24) is 0 Å². The van der Waals surface area contributed by atoms with Gasteiger partial charge in [-0.25, -0.2) is 0 Å². The van der Waals surface area contributed by atoms with Crippen molar-refractivity contribution in [3.8, 4) is 11.5 Å². The van der Waals surface area contributed by atoms with Crippen LogP contribution in [0.15, 0.2) is 22.7 Å². The van der Waals surface area contributed by atoms with E-state index in [0.29, 0.717) is 25.2 Å². The minimum atomic E-state index is -1.31. The van der Waals surface area contributed by atoms with Gasteiger partial charge in [-0.2, -0.15) is 0 Å².